The van der Waals surface area contributed by atoms with Gasteiger partial charge in [0.25, 0.3) is 0 Å². The molecule has 9 nitrogen and oxygen atoms in total. The van der Waals surface area contributed by atoms with E-state index in [0.29, 0.717) is 32.0 Å². The Morgan fingerprint density at radius 2 is 1.86 bits per heavy atom. The molecule has 1 N–H and O–H groups in total. The Morgan fingerprint density at radius 1 is 1.17 bits per heavy atom. The van der Waals surface area contributed by atoms with Gasteiger partial charge in [-0.25, -0.2) is 8.42 Å². The Morgan fingerprint density at radius 3 is 2.52 bits per heavy atom. The first kappa shape index (κ1) is 22.8. The monoisotopic (exact) mass is 422 g/mol. The van der Waals surface area contributed by atoms with Crippen LogP contribution in [0.3, 0.4) is 0 Å². The van der Waals surface area contributed by atoms with Crippen molar-refractivity contribution in [3.8, 4) is 6.07 Å². The number of hydrogen-bond acceptors (Lipinski definition) is 6. The number of ether oxygens (including phenoxy) is 1. The van der Waals surface area contributed by atoms with Gasteiger partial charge in [0, 0.05) is 44.7 Å². The average molecular weight is 423 g/mol. The number of rotatable bonds is 10. The second-order valence-corrected chi connectivity index (χ2v) is 8.55. The van der Waals surface area contributed by atoms with E-state index >= 15 is 0 Å². The molecule has 1 fully saturated rings. The van der Waals surface area contributed by atoms with Crippen molar-refractivity contribution in [2.75, 3.05) is 50.0 Å². The number of morpholine rings is 1. The molecule has 0 unspecified atom stereocenters. The molecule has 1 aromatic carbocycles. The first-order chi connectivity index (χ1) is 13.9. The minimum Gasteiger partial charge on any atom is -0.379 e. The molecule has 1 heterocycles. The summed E-state index contributed by atoms with van der Waals surface area (Å²) in [6.45, 7) is 1.63. The maximum absolute atomic E-state index is 12.5. The SMILES string of the molecule is N#CCCN(C(=O)CCC(=O)NCCS(=O)(=O)N1CCOCC1)c1ccccc1. The Balaban J connectivity index is 1.78. The molecule has 29 heavy (non-hydrogen) atoms. The minimum atomic E-state index is -3.44. The van der Waals surface area contributed by atoms with Crippen molar-refractivity contribution in [3.63, 3.8) is 0 Å². The van der Waals surface area contributed by atoms with Crippen LogP contribution in [-0.4, -0.2) is 69.7 Å². The minimum absolute atomic E-state index is 0.0104. The van der Waals surface area contributed by atoms with Gasteiger partial charge in [-0.15, -0.1) is 0 Å². The predicted octanol–water partition coefficient (Wildman–Crippen LogP) is 0.492. The van der Waals surface area contributed by atoms with Crippen LogP contribution in [-0.2, 0) is 24.3 Å². The standard InChI is InChI=1S/C19H26N4O5S/c20-9-4-11-23(17-5-2-1-3-6-17)19(25)8-7-18(24)21-10-16-29(26,27)22-12-14-28-15-13-22/h1-3,5-6H,4,7-8,10-16H2,(H,21,24). The van der Waals surface area contributed by atoms with Crippen molar-refractivity contribution in [2.24, 2.45) is 0 Å². The summed E-state index contributed by atoms with van der Waals surface area (Å²) in [5, 5.41) is 11.4. The zero-order chi connectivity index (χ0) is 21.1. The van der Waals surface area contributed by atoms with Crippen molar-refractivity contribution < 1.29 is 22.7 Å². The highest BCUT2D eigenvalue weighted by molar-refractivity contribution is 7.89. The molecule has 2 rings (SSSR count). The van der Waals surface area contributed by atoms with Crippen LogP contribution >= 0.6 is 0 Å². The van der Waals surface area contributed by atoms with Crippen LogP contribution in [0.25, 0.3) is 0 Å². The quantitative estimate of drug-likeness (QED) is 0.586. The smallest absolute Gasteiger partial charge is 0.227 e. The van der Waals surface area contributed by atoms with Gasteiger partial charge >= 0.3 is 0 Å². The fourth-order valence-electron chi connectivity index (χ4n) is 2.88. The van der Waals surface area contributed by atoms with Crippen LogP contribution in [0.4, 0.5) is 5.69 Å². The molecule has 0 radical (unpaired) electrons. The van der Waals surface area contributed by atoms with Crippen LogP contribution in [0, 0.1) is 11.3 Å². The molecule has 10 heteroatoms. The van der Waals surface area contributed by atoms with E-state index < -0.39 is 10.0 Å². The Kier molecular flexibility index (Phi) is 9.05. The summed E-state index contributed by atoms with van der Waals surface area (Å²) in [6.07, 6.45) is 0.112. The second-order valence-electron chi connectivity index (χ2n) is 6.47. The van der Waals surface area contributed by atoms with Gasteiger partial charge in [-0.05, 0) is 12.1 Å². The van der Waals surface area contributed by atoms with Gasteiger partial charge in [-0.3, -0.25) is 9.59 Å². The Hall–Kier alpha value is -2.48. The van der Waals surface area contributed by atoms with E-state index in [1.807, 2.05) is 12.1 Å². The normalized spacial score (nSPS) is 14.7. The Bertz CT molecular complexity index is 817. The van der Waals surface area contributed by atoms with Gasteiger partial charge in [0.1, 0.15) is 0 Å². The topological polar surface area (TPSA) is 120 Å². The molecule has 0 atom stereocenters. The van der Waals surface area contributed by atoms with Crippen molar-refractivity contribution in [3.05, 3.63) is 30.3 Å². The van der Waals surface area contributed by atoms with Crippen molar-refractivity contribution >= 4 is 27.5 Å². The summed E-state index contributed by atoms with van der Waals surface area (Å²) in [6, 6.07) is 11.0. The van der Waals surface area contributed by atoms with Gasteiger partial charge < -0.3 is 15.0 Å². The number of benzene rings is 1. The average Bonchev–Trinajstić information content (AvgIpc) is 2.74. The second kappa shape index (κ2) is 11.5. The fourth-order valence-corrected chi connectivity index (χ4v) is 4.21. The summed E-state index contributed by atoms with van der Waals surface area (Å²) < 4.78 is 30.9. The van der Waals surface area contributed by atoms with E-state index in [4.69, 9.17) is 10.00 Å². The molecule has 1 saturated heterocycles. The van der Waals surface area contributed by atoms with E-state index in [-0.39, 0.29) is 49.9 Å². The molecule has 0 bridgehead atoms. The lowest BCUT2D eigenvalue weighted by molar-refractivity contribution is -0.125. The number of nitriles is 1. The van der Waals surface area contributed by atoms with Gasteiger partial charge in [0.2, 0.25) is 21.8 Å². The molecular formula is C19H26N4O5S. The third kappa shape index (κ3) is 7.45. The molecule has 0 spiro atoms. The van der Waals surface area contributed by atoms with Gasteiger partial charge in [-0.1, -0.05) is 18.2 Å². The lowest BCUT2D eigenvalue weighted by Gasteiger charge is -2.26. The molecule has 1 aliphatic rings. The van der Waals surface area contributed by atoms with Crippen molar-refractivity contribution in [1.29, 1.82) is 5.26 Å². The van der Waals surface area contributed by atoms with E-state index in [0.717, 1.165) is 0 Å². The van der Waals surface area contributed by atoms with Gasteiger partial charge in [-0.2, -0.15) is 9.57 Å². The number of sulfonamides is 1. The Labute approximate surface area is 171 Å². The first-order valence-electron chi connectivity index (χ1n) is 9.48. The number of nitrogens with zero attached hydrogens (tertiary/aromatic N) is 3. The van der Waals surface area contributed by atoms with Crippen molar-refractivity contribution in [2.45, 2.75) is 19.3 Å². The predicted molar refractivity (Wildman–Crippen MR) is 107 cm³/mol. The fraction of sp³-hybridized carbons (Fsp3) is 0.526. The summed E-state index contributed by atoms with van der Waals surface area (Å²) >= 11 is 0. The summed E-state index contributed by atoms with van der Waals surface area (Å²) in [5.74, 6) is -0.836. The highest BCUT2D eigenvalue weighted by atomic mass is 32.2. The number of nitrogens with one attached hydrogen (secondary N) is 1. The van der Waals surface area contributed by atoms with E-state index in [1.165, 1.54) is 9.21 Å². The van der Waals surface area contributed by atoms with Crippen LogP contribution in [0.15, 0.2) is 30.3 Å². The zero-order valence-corrected chi connectivity index (χ0v) is 17.1. The summed E-state index contributed by atoms with van der Waals surface area (Å²) in [7, 11) is -3.44. The van der Waals surface area contributed by atoms with Crippen molar-refractivity contribution in [1.82, 2.24) is 9.62 Å². The molecule has 0 saturated carbocycles. The van der Waals surface area contributed by atoms with Gasteiger partial charge in [0.05, 0.1) is 31.5 Å². The molecular weight excluding hydrogens is 396 g/mol. The maximum atomic E-state index is 12.5. The van der Waals surface area contributed by atoms with Crippen LogP contribution < -0.4 is 10.2 Å². The lowest BCUT2D eigenvalue weighted by atomic mass is 10.2. The number of hydrogen-bond donors (Lipinski definition) is 1. The van der Waals surface area contributed by atoms with Crippen LogP contribution in [0.1, 0.15) is 19.3 Å². The number of carbonyl (C=O) groups excluding carboxylic acids is 2. The number of anilines is 1. The maximum Gasteiger partial charge on any atom is 0.227 e. The number of para-hydroxylation sites is 1. The molecule has 1 aromatic rings. The third-order valence-corrected chi connectivity index (χ3v) is 6.30. The molecule has 2 amide bonds. The number of amides is 2. The van der Waals surface area contributed by atoms with Crippen LogP contribution in [0.2, 0.25) is 0 Å². The summed E-state index contributed by atoms with van der Waals surface area (Å²) in [4.78, 5) is 26.0. The lowest BCUT2D eigenvalue weighted by Crippen LogP contribution is -2.43. The van der Waals surface area contributed by atoms with E-state index in [1.54, 1.807) is 24.3 Å². The third-order valence-electron chi connectivity index (χ3n) is 4.43. The van der Waals surface area contributed by atoms with Gasteiger partial charge in [0.15, 0.2) is 0 Å². The largest absolute Gasteiger partial charge is 0.379 e. The molecule has 158 valence electrons. The van der Waals surface area contributed by atoms with Crippen LogP contribution in [0.5, 0.6) is 0 Å². The number of carbonyl (C=O) groups is 2. The molecule has 0 aromatic heterocycles. The molecule has 0 aliphatic carbocycles. The first-order valence-corrected chi connectivity index (χ1v) is 11.1. The summed E-state index contributed by atoms with van der Waals surface area (Å²) in [5.41, 5.74) is 0.671. The molecule has 1 aliphatic heterocycles. The highest BCUT2D eigenvalue weighted by Crippen LogP contribution is 2.15. The highest BCUT2D eigenvalue weighted by Gasteiger charge is 2.24. The van der Waals surface area contributed by atoms with E-state index in [2.05, 4.69) is 5.32 Å². The zero-order valence-electron chi connectivity index (χ0n) is 16.2. The van der Waals surface area contributed by atoms with E-state index in [9.17, 15) is 18.0 Å².